The molecule has 0 bridgehead atoms. The van der Waals surface area contributed by atoms with Gasteiger partial charge in [0, 0.05) is 42.4 Å². The van der Waals surface area contributed by atoms with Crippen molar-refractivity contribution in [3.63, 3.8) is 0 Å². The molecule has 1 unspecified atom stereocenters. The van der Waals surface area contributed by atoms with Gasteiger partial charge in [-0.05, 0) is 64.3 Å². The second kappa shape index (κ2) is 11.1. The third kappa shape index (κ3) is 5.85. The standard InChI is InChI=1S/C28H34F2N4O4/c1-17(2)33-9-4-5-18(15-33)16-37-21-8-10-34-22(14-31-25(34)13-21)19-11-23(36-3)26(24(12-19)38-28(29)30)27(35)32-20-6-7-20/h8,10-14,17-18,20,28H,4-7,9,15-16H2,1-3H3,(H,32,35). The normalized spacial score (nSPS) is 18.2. The number of nitrogens with one attached hydrogen (secondary N) is 1. The van der Waals surface area contributed by atoms with Crippen LogP contribution >= 0.6 is 0 Å². The topological polar surface area (TPSA) is 77.3 Å². The van der Waals surface area contributed by atoms with Gasteiger partial charge in [0.05, 0.1) is 25.6 Å². The quantitative estimate of drug-likeness (QED) is 0.399. The summed E-state index contributed by atoms with van der Waals surface area (Å²) in [7, 11) is 1.39. The number of rotatable bonds is 10. The first-order valence-corrected chi connectivity index (χ1v) is 13.1. The SMILES string of the molecule is COc1cc(-c2cnc3cc(OCC4CCCN(C(C)C)C4)ccn23)cc(OC(F)F)c1C(=O)NC1CC1. The lowest BCUT2D eigenvalue weighted by Crippen LogP contribution is -2.41. The number of carbonyl (C=O) groups excluding carboxylic acids is 1. The number of carbonyl (C=O) groups is 1. The molecule has 10 heteroatoms. The van der Waals surface area contributed by atoms with Gasteiger partial charge in [-0.15, -0.1) is 0 Å². The molecule has 38 heavy (non-hydrogen) atoms. The Morgan fingerprint density at radius 3 is 2.68 bits per heavy atom. The molecule has 2 aromatic heterocycles. The van der Waals surface area contributed by atoms with Crippen LogP contribution in [0, 0.1) is 5.92 Å². The van der Waals surface area contributed by atoms with E-state index in [4.69, 9.17) is 14.2 Å². The smallest absolute Gasteiger partial charge is 0.387 e. The van der Waals surface area contributed by atoms with Crippen LogP contribution in [0.15, 0.2) is 36.7 Å². The Morgan fingerprint density at radius 1 is 1.18 bits per heavy atom. The van der Waals surface area contributed by atoms with Crippen LogP contribution in [0.5, 0.6) is 17.2 Å². The molecule has 1 aliphatic heterocycles. The Bertz CT molecular complexity index is 1290. The zero-order valence-electron chi connectivity index (χ0n) is 22.0. The fourth-order valence-electron chi connectivity index (χ4n) is 4.98. The Labute approximate surface area is 220 Å². The minimum absolute atomic E-state index is 0.0493. The Morgan fingerprint density at radius 2 is 1.97 bits per heavy atom. The molecule has 2 aliphatic rings. The lowest BCUT2D eigenvalue weighted by Gasteiger charge is -2.35. The number of piperidine rings is 1. The first kappa shape index (κ1) is 26.2. The molecule has 0 spiro atoms. The van der Waals surface area contributed by atoms with Crippen LogP contribution in [0.2, 0.25) is 0 Å². The fraction of sp³-hybridized carbons (Fsp3) is 0.500. The molecule has 0 radical (unpaired) electrons. The summed E-state index contributed by atoms with van der Waals surface area (Å²) in [6.45, 7) is 4.16. The van der Waals surface area contributed by atoms with Crippen LogP contribution in [0.25, 0.3) is 16.9 Å². The monoisotopic (exact) mass is 528 g/mol. The van der Waals surface area contributed by atoms with Gasteiger partial charge in [-0.3, -0.25) is 9.20 Å². The maximum absolute atomic E-state index is 13.3. The van der Waals surface area contributed by atoms with Crippen molar-refractivity contribution >= 4 is 11.6 Å². The molecule has 1 saturated heterocycles. The first-order chi connectivity index (χ1) is 18.3. The van der Waals surface area contributed by atoms with Gasteiger partial charge in [0.25, 0.3) is 5.91 Å². The maximum Gasteiger partial charge on any atom is 0.387 e. The molecular weight excluding hydrogens is 494 g/mol. The minimum Gasteiger partial charge on any atom is -0.496 e. The molecule has 1 atom stereocenters. The molecule has 1 aliphatic carbocycles. The van der Waals surface area contributed by atoms with Gasteiger partial charge in [0.15, 0.2) is 0 Å². The van der Waals surface area contributed by atoms with Crippen molar-refractivity contribution in [1.82, 2.24) is 19.6 Å². The Kier molecular flexibility index (Phi) is 7.69. The molecule has 1 saturated carbocycles. The van der Waals surface area contributed by atoms with E-state index in [1.165, 1.54) is 19.6 Å². The zero-order chi connectivity index (χ0) is 26.8. The van der Waals surface area contributed by atoms with Gasteiger partial charge >= 0.3 is 6.61 Å². The average molecular weight is 529 g/mol. The number of fused-ring (bicyclic) bond motifs is 1. The largest absolute Gasteiger partial charge is 0.496 e. The van der Waals surface area contributed by atoms with Gasteiger partial charge in [-0.2, -0.15) is 8.78 Å². The van der Waals surface area contributed by atoms with E-state index in [0.717, 1.165) is 38.1 Å². The third-order valence-corrected chi connectivity index (χ3v) is 7.19. The van der Waals surface area contributed by atoms with E-state index < -0.39 is 12.5 Å². The van der Waals surface area contributed by atoms with Gasteiger partial charge in [-0.1, -0.05) is 0 Å². The number of benzene rings is 1. The Balaban J connectivity index is 1.38. The number of imidazole rings is 1. The van der Waals surface area contributed by atoms with Crippen LogP contribution in [-0.2, 0) is 0 Å². The van der Waals surface area contributed by atoms with E-state index in [1.54, 1.807) is 12.3 Å². The molecule has 204 valence electrons. The number of pyridine rings is 1. The number of ether oxygens (including phenoxy) is 3. The summed E-state index contributed by atoms with van der Waals surface area (Å²) in [4.78, 5) is 19.8. The van der Waals surface area contributed by atoms with Crippen molar-refractivity contribution in [3.05, 3.63) is 42.2 Å². The van der Waals surface area contributed by atoms with E-state index >= 15 is 0 Å². The van der Waals surface area contributed by atoms with Crippen LogP contribution in [-0.4, -0.2) is 65.7 Å². The van der Waals surface area contributed by atoms with Gasteiger partial charge in [-0.25, -0.2) is 4.98 Å². The summed E-state index contributed by atoms with van der Waals surface area (Å²) in [5.41, 5.74) is 1.76. The molecule has 1 amide bonds. The predicted molar refractivity (Wildman–Crippen MR) is 139 cm³/mol. The minimum atomic E-state index is -3.10. The van der Waals surface area contributed by atoms with Crippen molar-refractivity contribution in [1.29, 1.82) is 0 Å². The van der Waals surface area contributed by atoms with E-state index in [2.05, 4.69) is 29.0 Å². The van der Waals surface area contributed by atoms with Crippen LogP contribution in [0.3, 0.4) is 0 Å². The summed E-state index contributed by atoms with van der Waals surface area (Å²) >= 11 is 0. The highest BCUT2D eigenvalue weighted by Gasteiger charge is 2.29. The van der Waals surface area contributed by atoms with E-state index in [1.807, 2.05) is 22.7 Å². The van der Waals surface area contributed by atoms with E-state index in [9.17, 15) is 13.6 Å². The molecule has 8 nitrogen and oxygen atoms in total. The number of halogens is 2. The molecule has 3 aromatic rings. The highest BCUT2D eigenvalue weighted by atomic mass is 19.3. The lowest BCUT2D eigenvalue weighted by atomic mass is 9.98. The highest BCUT2D eigenvalue weighted by molar-refractivity contribution is 6.01. The fourth-order valence-corrected chi connectivity index (χ4v) is 4.98. The second-order valence-corrected chi connectivity index (χ2v) is 10.3. The van der Waals surface area contributed by atoms with E-state index in [0.29, 0.717) is 35.5 Å². The van der Waals surface area contributed by atoms with Crippen molar-refractivity contribution in [3.8, 4) is 28.5 Å². The van der Waals surface area contributed by atoms with Crippen LogP contribution < -0.4 is 19.5 Å². The molecule has 3 heterocycles. The predicted octanol–water partition coefficient (Wildman–Crippen LogP) is 5.00. The number of hydrogen-bond acceptors (Lipinski definition) is 6. The first-order valence-electron chi connectivity index (χ1n) is 13.1. The molecule has 5 rings (SSSR count). The van der Waals surface area contributed by atoms with Crippen LogP contribution in [0.4, 0.5) is 8.78 Å². The maximum atomic E-state index is 13.3. The second-order valence-electron chi connectivity index (χ2n) is 10.3. The van der Waals surface area contributed by atoms with Crippen molar-refractivity contribution < 1.29 is 27.8 Å². The molecular formula is C28H34F2N4O4. The summed E-state index contributed by atoms with van der Waals surface area (Å²) < 4.78 is 44.7. The highest BCUT2D eigenvalue weighted by Crippen LogP contribution is 2.37. The van der Waals surface area contributed by atoms with Gasteiger partial charge in [0.2, 0.25) is 0 Å². The number of methoxy groups -OCH3 is 1. The molecule has 1 aromatic carbocycles. The van der Waals surface area contributed by atoms with Crippen molar-refractivity contribution in [2.45, 2.75) is 58.2 Å². The number of nitrogens with zero attached hydrogens (tertiary/aromatic N) is 3. The Hall–Kier alpha value is -3.40. The summed E-state index contributed by atoms with van der Waals surface area (Å²) in [5, 5.41) is 2.81. The number of amides is 1. The number of aromatic nitrogens is 2. The van der Waals surface area contributed by atoms with Gasteiger partial charge < -0.3 is 24.4 Å². The average Bonchev–Trinajstić information content (AvgIpc) is 3.61. The molecule has 2 fully saturated rings. The van der Waals surface area contributed by atoms with Gasteiger partial charge in [0.1, 0.15) is 28.5 Å². The van der Waals surface area contributed by atoms with E-state index in [-0.39, 0.29) is 23.1 Å². The number of alkyl halides is 2. The summed E-state index contributed by atoms with van der Waals surface area (Å²) in [6, 6.07) is 7.37. The number of likely N-dealkylation sites (tertiary alicyclic amines) is 1. The third-order valence-electron chi connectivity index (χ3n) is 7.19. The van der Waals surface area contributed by atoms with Crippen molar-refractivity contribution in [2.24, 2.45) is 5.92 Å². The van der Waals surface area contributed by atoms with Crippen molar-refractivity contribution in [2.75, 3.05) is 26.8 Å². The number of hydrogen-bond donors (Lipinski definition) is 1. The summed E-state index contributed by atoms with van der Waals surface area (Å²) in [6.07, 6.45) is 7.53. The summed E-state index contributed by atoms with van der Waals surface area (Å²) in [5.74, 6) is 0.608. The zero-order valence-corrected chi connectivity index (χ0v) is 22.0. The van der Waals surface area contributed by atoms with Crippen LogP contribution in [0.1, 0.15) is 49.9 Å². The molecule has 1 N–H and O–H groups in total. The lowest BCUT2D eigenvalue weighted by molar-refractivity contribution is -0.0502.